The number of hydrogen-bond acceptors (Lipinski definition) is 4. The number of likely N-dealkylation sites (N-methyl/N-ethyl adjacent to an activating group) is 1. The summed E-state index contributed by atoms with van der Waals surface area (Å²) in [6.45, 7) is 3.54. The molecule has 25 heavy (non-hydrogen) atoms. The van der Waals surface area contributed by atoms with Gasteiger partial charge in [0.15, 0.2) is 0 Å². The van der Waals surface area contributed by atoms with Crippen molar-refractivity contribution in [2.75, 3.05) is 34.4 Å². The monoisotopic (exact) mass is 341 g/mol. The summed E-state index contributed by atoms with van der Waals surface area (Å²) in [4.78, 5) is 21.4. The van der Waals surface area contributed by atoms with Gasteiger partial charge < -0.3 is 9.64 Å². The van der Waals surface area contributed by atoms with Gasteiger partial charge in [0.05, 0.1) is 18.8 Å². The number of benzene rings is 1. The minimum absolute atomic E-state index is 0.0524. The van der Waals surface area contributed by atoms with E-state index in [0.29, 0.717) is 19.7 Å². The summed E-state index contributed by atoms with van der Waals surface area (Å²) < 4.78 is 5.19. The Labute approximate surface area is 150 Å². The molecule has 5 nitrogen and oxygen atoms in total. The summed E-state index contributed by atoms with van der Waals surface area (Å²) in [7, 11) is 5.50. The average Bonchev–Trinajstić information content (AvgIpc) is 2.61. The largest absolute Gasteiger partial charge is 0.383 e. The second kappa shape index (κ2) is 9.30. The van der Waals surface area contributed by atoms with Crippen molar-refractivity contribution in [2.24, 2.45) is 0 Å². The van der Waals surface area contributed by atoms with Gasteiger partial charge >= 0.3 is 0 Å². The fourth-order valence-corrected chi connectivity index (χ4v) is 2.74. The van der Waals surface area contributed by atoms with Gasteiger partial charge in [0, 0.05) is 19.9 Å². The summed E-state index contributed by atoms with van der Waals surface area (Å²) in [5, 5.41) is 0. The van der Waals surface area contributed by atoms with Crippen LogP contribution in [0.15, 0.2) is 48.7 Å². The van der Waals surface area contributed by atoms with Gasteiger partial charge in [-0.05, 0) is 38.7 Å². The molecule has 0 aliphatic carbocycles. The maximum atomic E-state index is 13.3. The number of aromatic nitrogens is 1. The van der Waals surface area contributed by atoms with Crippen LogP contribution in [0.4, 0.5) is 0 Å². The molecule has 5 heteroatoms. The van der Waals surface area contributed by atoms with E-state index in [1.807, 2.05) is 73.3 Å². The third-order valence-corrected chi connectivity index (χ3v) is 4.10. The lowest BCUT2D eigenvalue weighted by atomic mass is 10.0. The van der Waals surface area contributed by atoms with E-state index >= 15 is 0 Å². The zero-order valence-electron chi connectivity index (χ0n) is 15.5. The number of hydrogen-bond donors (Lipinski definition) is 0. The Balaban J connectivity index is 2.25. The number of amides is 1. The van der Waals surface area contributed by atoms with E-state index in [0.717, 1.165) is 11.3 Å². The van der Waals surface area contributed by atoms with Crippen LogP contribution < -0.4 is 0 Å². The van der Waals surface area contributed by atoms with Gasteiger partial charge in [-0.1, -0.05) is 35.9 Å². The van der Waals surface area contributed by atoms with Gasteiger partial charge in [-0.3, -0.25) is 14.7 Å². The highest BCUT2D eigenvalue weighted by atomic mass is 16.5. The summed E-state index contributed by atoms with van der Waals surface area (Å²) in [5.74, 6) is 0.0524. The Morgan fingerprint density at radius 1 is 1.16 bits per heavy atom. The predicted octanol–water partition coefficient (Wildman–Crippen LogP) is 2.67. The number of ether oxygens (including phenoxy) is 1. The minimum atomic E-state index is -0.332. The van der Waals surface area contributed by atoms with Gasteiger partial charge in [0.25, 0.3) is 0 Å². The Morgan fingerprint density at radius 3 is 2.44 bits per heavy atom. The number of rotatable bonds is 8. The smallest absolute Gasteiger partial charge is 0.244 e. The minimum Gasteiger partial charge on any atom is -0.383 e. The van der Waals surface area contributed by atoms with Crippen molar-refractivity contribution in [1.82, 2.24) is 14.8 Å². The molecular weight excluding hydrogens is 314 g/mol. The molecule has 1 atom stereocenters. The van der Waals surface area contributed by atoms with Gasteiger partial charge in [-0.2, -0.15) is 0 Å². The fourth-order valence-electron chi connectivity index (χ4n) is 2.74. The fraction of sp³-hybridized carbons (Fsp3) is 0.400. The summed E-state index contributed by atoms with van der Waals surface area (Å²) >= 11 is 0. The summed E-state index contributed by atoms with van der Waals surface area (Å²) in [5.41, 5.74) is 3.04. The highest BCUT2D eigenvalue weighted by Crippen LogP contribution is 2.22. The molecule has 2 aromatic rings. The zero-order valence-corrected chi connectivity index (χ0v) is 15.5. The first-order valence-electron chi connectivity index (χ1n) is 8.43. The Bertz CT molecular complexity index is 656. The highest BCUT2D eigenvalue weighted by molar-refractivity contribution is 5.83. The normalized spacial score (nSPS) is 12.2. The van der Waals surface area contributed by atoms with Crippen LogP contribution in [-0.4, -0.2) is 55.0 Å². The third kappa shape index (κ3) is 5.37. The molecule has 1 heterocycles. The number of carbonyl (C=O) groups is 1. The molecule has 2 rings (SSSR count). The van der Waals surface area contributed by atoms with Crippen LogP contribution >= 0.6 is 0 Å². The number of nitrogens with zero attached hydrogens (tertiary/aromatic N) is 3. The summed E-state index contributed by atoms with van der Waals surface area (Å²) in [6, 6.07) is 13.5. The van der Waals surface area contributed by atoms with Crippen LogP contribution in [0.3, 0.4) is 0 Å². The summed E-state index contributed by atoms with van der Waals surface area (Å²) in [6.07, 6.45) is 1.75. The maximum absolute atomic E-state index is 13.3. The molecule has 0 aliphatic heterocycles. The lowest BCUT2D eigenvalue weighted by Gasteiger charge is -2.31. The van der Waals surface area contributed by atoms with Gasteiger partial charge in [0.2, 0.25) is 5.91 Å². The van der Waals surface area contributed by atoms with Gasteiger partial charge in [-0.25, -0.2) is 0 Å². The van der Waals surface area contributed by atoms with Crippen molar-refractivity contribution < 1.29 is 9.53 Å². The predicted molar refractivity (Wildman–Crippen MR) is 99.1 cm³/mol. The molecule has 0 fully saturated rings. The lowest BCUT2D eigenvalue weighted by molar-refractivity contribution is -0.137. The van der Waals surface area contributed by atoms with Crippen LogP contribution in [0.1, 0.15) is 22.9 Å². The molecule has 0 aliphatic rings. The second-order valence-corrected chi connectivity index (χ2v) is 6.35. The van der Waals surface area contributed by atoms with E-state index in [9.17, 15) is 4.79 Å². The zero-order chi connectivity index (χ0) is 18.2. The molecule has 0 unspecified atom stereocenters. The first-order chi connectivity index (χ1) is 12.0. The lowest BCUT2D eigenvalue weighted by Crippen LogP contribution is -2.41. The van der Waals surface area contributed by atoms with Crippen LogP contribution in [0.2, 0.25) is 0 Å². The van der Waals surface area contributed by atoms with Crippen LogP contribution in [-0.2, 0) is 16.1 Å². The molecule has 0 bridgehead atoms. The second-order valence-electron chi connectivity index (χ2n) is 6.35. The first kappa shape index (κ1) is 19.1. The van der Waals surface area contributed by atoms with Crippen LogP contribution in [0, 0.1) is 6.92 Å². The van der Waals surface area contributed by atoms with Crippen LogP contribution in [0.25, 0.3) is 0 Å². The van der Waals surface area contributed by atoms with Crippen LogP contribution in [0.5, 0.6) is 0 Å². The molecule has 0 N–H and O–H groups in total. The van der Waals surface area contributed by atoms with Crippen molar-refractivity contribution in [3.63, 3.8) is 0 Å². The number of aryl methyl sites for hydroxylation is 1. The van der Waals surface area contributed by atoms with Crippen molar-refractivity contribution in [3.05, 3.63) is 65.5 Å². The van der Waals surface area contributed by atoms with E-state index in [4.69, 9.17) is 4.74 Å². The number of pyridine rings is 1. The molecule has 0 spiro atoms. The molecular formula is C20H27N3O2. The van der Waals surface area contributed by atoms with E-state index in [1.54, 1.807) is 13.3 Å². The third-order valence-electron chi connectivity index (χ3n) is 4.10. The van der Waals surface area contributed by atoms with Gasteiger partial charge in [0.1, 0.15) is 6.04 Å². The Morgan fingerprint density at radius 2 is 1.88 bits per heavy atom. The number of methoxy groups -OCH3 is 1. The van der Waals surface area contributed by atoms with E-state index in [1.165, 1.54) is 5.56 Å². The quantitative estimate of drug-likeness (QED) is 0.740. The van der Waals surface area contributed by atoms with E-state index in [-0.39, 0.29) is 11.9 Å². The Hall–Kier alpha value is -2.24. The highest BCUT2D eigenvalue weighted by Gasteiger charge is 2.28. The van der Waals surface area contributed by atoms with Gasteiger partial charge in [-0.15, -0.1) is 0 Å². The molecule has 0 saturated carbocycles. The molecule has 1 aromatic heterocycles. The van der Waals surface area contributed by atoms with Crippen molar-refractivity contribution in [1.29, 1.82) is 0 Å². The topological polar surface area (TPSA) is 45.7 Å². The Kier molecular flexibility index (Phi) is 7.10. The molecule has 134 valence electrons. The molecule has 1 amide bonds. The van der Waals surface area contributed by atoms with E-state index in [2.05, 4.69) is 4.98 Å². The van der Waals surface area contributed by atoms with Crippen molar-refractivity contribution in [3.8, 4) is 0 Å². The molecule has 0 saturated heterocycles. The van der Waals surface area contributed by atoms with Crippen molar-refractivity contribution >= 4 is 5.91 Å². The first-order valence-corrected chi connectivity index (χ1v) is 8.43. The SMILES string of the molecule is COCCN(Cc1ccccn1)C(=O)[C@H](c1ccc(C)cc1)N(C)C. The molecule has 1 aromatic carbocycles. The van der Waals surface area contributed by atoms with E-state index < -0.39 is 0 Å². The van der Waals surface area contributed by atoms with Crippen molar-refractivity contribution in [2.45, 2.75) is 19.5 Å². The maximum Gasteiger partial charge on any atom is 0.244 e. The number of carbonyl (C=O) groups excluding carboxylic acids is 1. The standard InChI is InChI=1S/C20H27N3O2/c1-16-8-10-17(11-9-16)19(22(2)3)20(24)23(13-14-25-4)15-18-7-5-6-12-21-18/h5-12,19H,13-15H2,1-4H3/t19-/m0/s1. The average molecular weight is 341 g/mol. The molecule has 0 radical (unpaired) electrons.